The van der Waals surface area contributed by atoms with Crippen LogP contribution in [0.15, 0.2) is 24.3 Å². The van der Waals surface area contributed by atoms with E-state index < -0.39 is 0 Å². The fraction of sp³-hybridized carbons (Fsp3) is 0.579. The minimum Gasteiger partial charge on any atom is -0.497 e. The van der Waals surface area contributed by atoms with Crippen LogP contribution in [0.2, 0.25) is 0 Å². The second-order valence-corrected chi connectivity index (χ2v) is 6.73. The van der Waals surface area contributed by atoms with Crippen molar-refractivity contribution in [2.45, 2.75) is 38.3 Å². The van der Waals surface area contributed by atoms with Crippen molar-refractivity contribution < 1.29 is 19.1 Å². The lowest BCUT2D eigenvalue weighted by atomic mass is 10.0. The highest BCUT2D eigenvalue weighted by molar-refractivity contribution is 5.96. The number of anilines is 1. The predicted molar refractivity (Wildman–Crippen MR) is 98.5 cm³/mol. The number of hydrogen-bond donors (Lipinski definition) is 1. The summed E-state index contributed by atoms with van der Waals surface area (Å²) in [5.41, 5.74) is 0.871. The molecule has 0 aliphatic carbocycles. The maximum Gasteiger partial charge on any atom is 0.409 e. The minimum absolute atomic E-state index is 0.125. The standard InChI is InChI=1S/C19H27N3O4/c1-3-26-19(24)21-9-7-14(8-10-21)20-15-11-18(23)22(13-15)16-5-4-6-17(12-16)25-2/h4-6,12,14-15,20H,3,7-11,13H2,1-2H3/t15-/m0/s1. The number of likely N-dealkylation sites (tertiary alicyclic amines) is 1. The number of methoxy groups -OCH3 is 1. The lowest BCUT2D eigenvalue weighted by molar-refractivity contribution is -0.117. The van der Waals surface area contributed by atoms with Gasteiger partial charge >= 0.3 is 6.09 Å². The molecule has 26 heavy (non-hydrogen) atoms. The molecule has 7 nitrogen and oxygen atoms in total. The number of amides is 2. The summed E-state index contributed by atoms with van der Waals surface area (Å²) >= 11 is 0. The van der Waals surface area contributed by atoms with Crippen molar-refractivity contribution in [1.82, 2.24) is 10.2 Å². The highest BCUT2D eigenvalue weighted by Gasteiger charge is 2.33. The van der Waals surface area contributed by atoms with E-state index in [2.05, 4.69) is 5.32 Å². The van der Waals surface area contributed by atoms with Crippen LogP contribution in [0.25, 0.3) is 0 Å². The van der Waals surface area contributed by atoms with Crippen molar-refractivity contribution in [2.24, 2.45) is 0 Å². The van der Waals surface area contributed by atoms with Crippen molar-refractivity contribution >= 4 is 17.7 Å². The van der Waals surface area contributed by atoms with E-state index in [9.17, 15) is 9.59 Å². The smallest absolute Gasteiger partial charge is 0.409 e. The number of hydrogen-bond acceptors (Lipinski definition) is 5. The molecule has 2 amide bonds. The van der Waals surface area contributed by atoms with Crippen LogP contribution in [0, 0.1) is 0 Å². The average molecular weight is 361 g/mol. The maximum atomic E-state index is 12.4. The van der Waals surface area contributed by atoms with Crippen LogP contribution in [0.3, 0.4) is 0 Å². The van der Waals surface area contributed by atoms with Crippen molar-refractivity contribution in [1.29, 1.82) is 0 Å². The third kappa shape index (κ3) is 4.27. The Kier molecular flexibility index (Phi) is 5.98. The van der Waals surface area contributed by atoms with E-state index in [0.29, 0.717) is 38.7 Å². The third-order valence-corrected chi connectivity index (χ3v) is 4.98. The second-order valence-electron chi connectivity index (χ2n) is 6.73. The van der Waals surface area contributed by atoms with E-state index in [1.807, 2.05) is 36.1 Å². The number of ether oxygens (including phenoxy) is 2. The summed E-state index contributed by atoms with van der Waals surface area (Å²) in [6, 6.07) is 8.04. The number of rotatable bonds is 5. The van der Waals surface area contributed by atoms with Gasteiger partial charge in [0.05, 0.1) is 13.7 Å². The monoisotopic (exact) mass is 361 g/mol. The second kappa shape index (κ2) is 8.40. The molecule has 0 aromatic heterocycles. The van der Waals surface area contributed by atoms with Gasteiger partial charge in [0, 0.05) is 49.9 Å². The SMILES string of the molecule is CCOC(=O)N1CCC(N[C@H]2CC(=O)N(c3cccc(OC)c3)C2)CC1. The average Bonchev–Trinajstić information content (AvgIpc) is 3.02. The Balaban J connectivity index is 1.51. The van der Waals surface area contributed by atoms with E-state index in [-0.39, 0.29) is 18.0 Å². The molecule has 0 saturated carbocycles. The van der Waals surface area contributed by atoms with Crippen LogP contribution < -0.4 is 15.0 Å². The molecule has 0 unspecified atom stereocenters. The Bertz CT molecular complexity index is 643. The van der Waals surface area contributed by atoms with Gasteiger partial charge in [-0.3, -0.25) is 4.79 Å². The highest BCUT2D eigenvalue weighted by Crippen LogP contribution is 2.26. The van der Waals surface area contributed by atoms with Gasteiger partial charge in [0.15, 0.2) is 0 Å². The Morgan fingerprint density at radius 3 is 2.73 bits per heavy atom. The highest BCUT2D eigenvalue weighted by atomic mass is 16.6. The van der Waals surface area contributed by atoms with Gasteiger partial charge in [-0.05, 0) is 31.9 Å². The third-order valence-electron chi connectivity index (χ3n) is 4.98. The van der Waals surface area contributed by atoms with Crippen molar-refractivity contribution in [3.8, 4) is 5.75 Å². The van der Waals surface area contributed by atoms with Crippen LogP contribution in [-0.2, 0) is 9.53 Å². The molecule has 1 aromatic rings. The summed E-state index contributed by atoms with van der Waals surface area (Å²) in [7, 11) is 1.62. The van der Waals surface area contributed by atoms with Gasteiger partial charge in [0.25, 0.3) is 0 Å². The van der Waals surface area contributed by atoms with Crippen LogP contribution in [0.4, 0.5) is 10.5 Å². The zero-order chi connectivity index (χ0) is 18.5. The fourth-order valence-corrected chi connectivity index (χ4v) is 3.62. The van der Waals surface area contributed by atoms with Gasteiger partial charge in [-0.2, -0.15) is 0 Å². The van der Waals surface area contributed by atoms with E-state index >= 15 is 0 Å². The Hall–Kier alpha value is -2.28. The summed E-state index contributed by atoms with van der Waals surface area (Å²) in [5, 5.41) is 3.60. The number of benzene rings is 1. The number of piperidine rings is 1. The number of nitrogens with one attached hydrogen (secondary N) is 1. The van der Waals surface area contributed by atoms with Gasteiger partial charge in [0.2, 0.25) is 5.91 Å². The molecule has 7 heteroatoms. The number of carbonyl (C=O) groups excluding carboxylic acids is 2. The largest absolute Gasteiger partial charge is 0.497 e. The molecular weight excluding hydrogens is 334 g/mol. The number of carbonyl (C=O) groups is 2. The molecule has 2 aliphatic rings. The predicted octanol–water partition coefficient (Wildman–Crippen LogP) is 2.01. The van der Waals surface area contributed by atoms with E-state index in [1.54, 1.807) is 12.0 Å². The molecule has 2 fully saturated rings. The summed E-state index contributed by atoms with van der Waals surface area (Å²) in [4.78, 5) is 27.7. The zero-order valence-electron chi connectivity index (χ0n) is 15.4. The minimum atomic E-state index is -0.230. The molecule has 1 atom stereocenters. The maximum absolute atomic E-state index is 12.4. The molecule has 2 saturated heterocycles. The van der Waals surface area contributed by atoms with E-state index in [0.717, 1.165) is 24.3 Å². The van der Waals surface area contributed by atoms with E-state index in [1.165, 1.54) is 0 Å². The first-order chi connectivity index (χ1) is 12.6. The lowest BCUT2D eigenvalue weighted by Gasteiger charge is -2.33. The van der Waals surface area contributed by atoms with Crippen LogP contribution in [0.5, 0.6) is 5.75 Å². The summed E-state index contributed by atoms with van der Waals surface area (Å²) in [6.07, 6.45) is 2.02. The summed E-state index contributed by atoms with van der Waals surface area (Å²) < 4.78 is 10.3. The molecule has 142 valence electrons. The topological polar surface area (TPSA) is 71.1 Å². The Labute approximate surface area is 154 Å². The van der Waals surface area contributed by atoms with Crippen molar-refractivity contribution in [2.75, 3.05) is 38.3 Å². The molecule has 0 radical (unpaired) electrons. The van der Waals surface area contributed by atoms with Crippen LogP contribution >= 0.6 is 0 Å². The van der Waals surface area contributed by atoms with Crippen LogP contribution in [0.1, 0.15) is 26.2 Å². The first-order valence-electron chi connectivity index (χ1n) is 9.23. The lowest BCUT2D eigenvalue weighted by Crippen LogP contribution is -2.48. The Morgan fingerprint density at radius 1 is 1.27 bits per heavy atom. The molecule has 2 heterocycles. The quantitative estimate of drug-likeness (QED) is 0.869. The molecule has 2 aliphatic heterocycles. The van der Waals surface area contributed by atoms with Crippen LogP contribution in [-0.4, -0.2) is 62.3 Å². The summed E-state index contributed by atoms with van der Waals surface area (Å²) in [6.45, 7) is 4.26. The van der Waals surface area contributed by atoms with Gasteiger partial charge in [0.1, 0.15) is 5.75 Å². The van der Waals surface area contributed by atoms with Crippen molar-refractivity contribution in [3.63, 3.8) is 0 Å². The van der Waals surface area contributed by atoms with E-state index in [4.69, 9.17) is 9.47 Å². The van der Waals surface area contributed by atoms with Gasteiger partial charge in [-0.15, -0.1) is 0 Å². The first kappa shape index (κ1) is 18.5. The molecule has 0 bridgehead atoms. The van der Waals surface area contributed by atoms with Gasteiger partial charge in [-0.1, -0.05) is 6.07 Å². The summed E-state index contributed by atoms with van der Waals surface area (Å²) in [5.74, 6) is 0.873. The number of nitrogens with zero attached hydrogens (tertiary/aromatic N) is 2. The van der Waals surface area contributed by atoms with Gasteiger partial charge in [-0.25, -0.2) is 4.79 Å². The van der Waals surface area contributed by atoms with Gasteiger partial charge < -0.3 is 24.6 Å². The molecular formula is C19H27N3O4. The normalized spacial score (nSPS) is 21.2. The molecule has 3 rings (SSSR count). The Morgan fingerprint density at radius 2 is 2.04 bits per heavy atom. The molecule has 1 N–H and O–H groups in total. The first-order valence-corrected chi connectivity index (χ1v) is 9.23. The molecule has 1 aromatic carbocycles. The van der Waals surface area contributed by atoms with Crippen molar-refractivity contribution in [3.05, 3.63) is 24.3 Å². The zero-order valence-corrected chi connectivity index (χ0v) is 15.4. The fourth-order valence-electron chi connectivity index (χ4n) is 3.62. The molecule has 0 spiro atoms.